The lowest BCUT2D eigenvalue weighted by Crippen LogP contribution is -2.03. The first-order chi connectivity index (χ1) is 10.1. The van der Waals surface area contributed by atoms with Crippen molar-refractivity contribution < 1.29 is 5.11 Å². The van der Waals surface area contributed by atoms with Crippen molar-refractivity contribution in [3.63, 3.8) is 0 Å². The van der Waals surface area contributed by atoms with Gasteiger partial charge in [0.25, 0.3) is 0 Å². The molecule has 0 amide bonds. The maximum Gasteiger partial charge on any atom is 0.142 e. The van der Waals surface area contributed by atoms with Crippen LogP contribution in [0.4, 0.5) is 0 Å². The van der Waals surface area contributed by atoms with Gasteiger partial charge in [-0.05, 0) is 43.7 Å². The number of aromatic nitrogens is 3. The van der Waals surface area contributed by atoms with E-state index in [9.17, 15) is 5.11 Å². The Kier molecular flexibility index (Phi) is 3.78. The average molecular weight is 346 g/mol. The van der Waals surface area contributed by atoms with Gasteiger partial charge in [-0.25, -0.2) is 4.98 Å². The van der Waals surface area contributed by atoms with E-state index in [1.165, 1.54) is 0 Å². The molecule has 5 heteroatoms. The van der Waals surface area contributed by atoms with Crippen LogP contribution in [0.1, 0.15) is 25.5 Å². The minimum Gasteiger partial charge on any atom is -0.392 e. The molecular weight excluding hydrogens is 330 g/mol. The molecule has 3 rings (SSSR count). The molecule has 4 nitrogen and oxygen atoms in total. The molecule has 2 heterocycles. The Morgan fingerprint density at radius 2 is 2.05 bits per heavy atom. The van der Waals surface area contributed by atoms with Crippen LogP contribution in [0.2, 0.25) is 0 Å². The van der Waals surface area contributed by atoms with Gasteiger partial charge in [0.1, 0.15) is 5.82 Å². The molecule has 0 aliphatic carbocycles. The highest BCUT2D eigenvalue weighted by molar-refractivity contribution is 9.10. The van der Waals surface area contributed by atoms with Crippen molar-refractivity contribution in [2.45, 2.75) is 26.5 Å². The van der Waals surface area contributed by atoms with E-state index >= 15 is 0 Å². The molecule has 0 spiro atoms. The maximum absolute atomic E-state index is 9.29. The zero-order valence-corrected chi connectivity index (χ0v) is 13.5. The van der Waals surface area contributed by atoms with Crippen molar-refractivity contribution in [1.29, 1.82) is 0 Å². The summed E-state index contributed by atoms with van der Waals surface area (Å²) in [5.41, 5.74) is 3.75. The molecule has 0 aliphatic rings. The minimum atomic E-state index is -0.0195. The molecule has 0 radical (unpaired) electrons. The van der Waals surface area contributed by atoms with E-state index in [2.05, 4.69) is 45.4 Å². The quantitative estimate of drug-likeness (QED) is 0.782. The molecule has 0 bridgehead atoms. The number of aliphatic hydroxyl groups excluding tert-OH is 1. The van der Waals surface area contributed by atoms with E-state index in [4.69, 9.17) is 4.98 Å². The Bertz CT molecular complexity index is 795. The molecule has 0 fully saturated rings. The predicted molar refractivity (Wildman–Crippen MR) is 87.0 cm³/mol. The summed E-state index contributed by atoms with van der Waals surface area (Å²) in [5, 5.41) is 9.29. The lowest BCUT2D eigenvalue weighted by atomic mass is 10.2. The summed E-state index contributed by atoms with van der Waals surface area (Å²) < 4.78 is 3.23. The fourth-order valence-corrected chi connectivity index (χ4v) is 2.84. The largest absolute Gasteiger partial charge is 0.392 e. The first-order valence-corrected chi connectivity index (χ1v) is 7.62. The van der Waals surface area contributed by atoms with Gasteiger partial charge in [-0.3, -0.25) is 4.98 Å². The van der Waals surface area contributed by atoms with Gasteiger partial charge >= 0.3 is 0 Å². The van der Waals surface area contributed by atoms with Gasteiger partial charge in [-0.2, -0.15) is 0 Å². The number of imidazole rings is 1. The molecule has 0 saturated carbocycles. The van der Waals surface area contributed by atoms with Crippen LogP contribution in [0, 0.1) is 0 Å². The first-order valence-electron chi connectivity index (χ1n) is 6.83. The van der Waals surface area contributed by atoms with Crippen LogP contribution in [0.5, 0.6) is 0 Å². The summed E-state index contributed by atoms with van der Waals surface area (Å²) in [6.07, 6.45) is 3.46. The fraction of sp³-hybridized carbons (Fsp3) is 0.250. The number of nitrogens with zero attached hydrogens (tertiary/aromatic N) is 3. The summed E-state index contributed by atoms with van der Waals surface area (Å²) in [4.78, 5) is 8.94. The summed E-state index contributed by atoms with van der Waals surface area (Å²) in [6, 6.07) is 8.28. The van der Waals surface area contributed by atoms with Gasteiger partial charge in [0.2, 0.25) is 0 Å². The van der Waals surface area contributed by atoms with Crippen LogP contribution in [0.3, 0.4) is 0 Å². The third-order valence-corrected chi connectivity index (χ3v) is 3.90. The van der Waals surface area contributed by atoms with Crippen LogP contribution in [0.15, 0.2) is 41.1 Å². The second-order valence-electron chi connectivity index (χ2n) is 5.27. The Hall–Kier alpha value is -1.72. The molecule has 2 aromatic heterocycles. The molecule has 0 atom stereocenters. The number of pyridine rings is 1. The number of hydrogen-bond acceptors (Lipinski definition) is 3. The highest BCUT2D eigenvalue weighted by Gasteiger charge is 2.15. The summed E-state index contributed by atoms with van der Waals surface area (Å²) in [5.74, 6) is 0.876. The van der Waals surface area contributed by atoms with E-state index in [0.29, 0.717) is 0 Å². The highest BCUT2D eigenvalue weighted by atomic mass is 79.9. The standard InChI is InChI=1S/C16H16BrN3O/c1-10(2)20-15-6-13(17)3-4-14(15)19-16(20)12-5-11(9-21)7-18-8-12/h3-8,10,21H,9H2,1-2H3. The lowest BCUT2D eigenvalue weighted by molar-refractivity contribution is 0.281. The number of fused-ring (bicyclic) bond motifs is 1. The Morgan fingerprint density at radius 1 is 1.24 bits per heavy atom. The van der Waals surface area contributed by atoms with E-state index in [1.807, 2.05) is 18.2 Å². The van der Waals surface area contributed by atoms with Crippen LogP contribution < -0.4 is 0 Å². The van der Waals surface area contributed by atoms with Gasteiger partial charge in [-0.15, -0.1) is 0 Å². The zero-order chi connectivity index (χ0) is 15.0. The molecule has 0 aliphatic heterocycles. The third kappa shape index (κ3) is 2.59. The van der Waals surface area contributed by atoms with Gasteiger partial charge in [0.05, 0.1) is 17.6 Å². The maximum atomic E-state index is 9.29. The smallest absolute Gasteiger partial charge is 0.142 e. The molecular formula is C16H16BrN3O. The molecule has 3 aromatic rings. The molecule has 21 heavy (non-hydrogen) atoms. The van der Waals surface area contributed by atoms with Crippen LogP contribution in [0.25, 0.3) is 22.4 Å². The average Bonchev–Trinajstić information content (AvgIpc) is 2.86. The van der Waals surface area contributed by atoms with Gasteiger partial charge in [0, 0.05) is 28.5 Å². The van der Waals surface area contributed by atoms with E-state index in [0.717, 1.165) is 32.5 Å². The van der Waals surface area contributed by atoms with Gasteiger partial charge in [0.15, 0.2) is 0 Å². The lowest BCUT2D eigenvalue weighted by Gasteiger charge is -2.13. The molecule has 108 valence electrons. The van der Waals surface area contributed by atoms with Gasteiger partial charge < -0.3 is 9.67 Å². The Labute approximate surface area is 131 Å². The van der Waals surface area contributed by atoms with Crippen molar-refractivity contribution in [1.82, 2.24) is 14.5 Å². The first kappa shape index (κ1) is 14.2. The molecule has 0 saturated heterocycles. The predicted octanol–water partition coefficient (Wildman–Crippen LogP) is 3.93. The number of aliphatic hydroxyl groups is 1. The number of hydrogen-bond donors (Lipinski definition) is 1. The third-order valence-electron chi connectivity index (χ3n) is 3.40. The van der Waals surface area contributed by atoms with Crippen molar-refractivity contribution in [3.8, 4) is 11.4 Å². The molecule has 0 unspecified atom stereocenters. The number of rotatable bonds is 3. The van der Waals surface area contributed by atoms with Crippen molar-refractivity contribution in [3.05, 3.63) is 46.7 Å². The Morgan fingerprint density at radius 3 is 2.76 bits per heavy atom. The monoisotopic (exact) mass is 345 g/mol. The number of benzene rings is 1. The Balaban J connectivity index is 2.28. The van der Waals surface area contributed by atoms with Crippen molar-refractivity contribution in [2.75, 3.05) is 0 Å². The summed E-state index contributed by atoms with van der Waals surface area (Å²) in [6.45, 7) is 4.25. The molecule has 1 N–H and O–H groups in total. The fourth-order valence-electron chi connectivity index (χ4n) is 2.49. The SMILES string of the molecule is CC(C)n1c(-c2cncc(CO)c2)nc2ccc(Br)cc21. The topological polar surface area (TPSA) is 50.9 Å². The van der Waals surface area contributed by atoms with Crippen LogP contribution in [-0.4, -0.2) is 19.6 Å². The molecule has 1 aromatic carbocycles. The zero-order valence-electron chi connectivity index (χ0n) is 11.9. The van der Waals surface area contributed by atoms with E-state index in [-0.39, 0.29) is 12.6 Å². The van der Waals surface area contributed by atoms with E-state index in [1.54, 1.807) is 12.4 Å². The van der Waals surface area contributed by atoms with Crippen LogP contribution in [-0.2, 0) is 6.61 Å². The van der Waals surface area contributed by atoms with E-state index < -0.39 is 0 Å². The number of halogens is 1. The van der Waals surface area contributed by atoms with Gasteiger partial charge in [-0.1, -0.05) is 15.9 Å². The highest BCUT2D eigenvalue weighted by Crippen LogP contribution is 2.30. The normalized spacial score (nSPS) is 11.5. The summed E-state index contributed by atoms with van der Waals surface area (Å²) >= 11 is 3.52. The van der Waals surface area contributed by atoms with Crippen molar-refractivity contribution >= 4 is 27.0 Å². The second kappa shape index (κ2) is 5.58. The van der Waals surface area contributed by atoms with Crippen LogP contribution >= 0.6 is 15.9 Å². The summed E-state index contributed by atoms with van der Waals surface area (Å²) in [7, 11) is 0. The van der Waals surface area contributed by atoms with Crippen molar-refractivity contribution in [2.24, 2.45) is 0 Å². The minimum absolute atomic E-state index is 0.0195. The second-order valence-corrected chi connectivity index (χ2v) is 6.19.